The molecule has 7 nitrogen and oxygen atoms in total. The second kappa shape index (κ2) is 10.3. The predicted octanol–water partition coefficient (Wildman–Crippen LogP) is 4.89. The molecule has 4 heterocycles. The van der Waals surface area contributed by atoms with Gasteiger partial charge in [0, 0.05) is 42.4 Å². The van der Waals surface area contributed by atoms with E-state index in [9.17, 15) is 4.79 Å². The Balaban J connectivity index is 1.46. The maximum Gasteiger partial charge on any atom is 0.226 e. The van der Waals surface area contributed by atoms with Gasteiger partial charge in [0.25, 0.3) is 0 Å². The molecule has 0 aliphatic carbocycles. The number of anilines is 1. The quantitative estimate of drug-likeness (QED) is 0.355. The van der Waals surface area contributed by atoms with Crippen LogP contribution in [0.1, 0.15) is 41.1 Å². The SMILES string of the molecule is Cc1cccc(NC(=O)CCN2C(=S)NC(c3ccccn3)C2c2ccc(C)n2-c2cccnc2)c1. The summed E-state index contributed by atoms with van der Waals surface area (Å²) in [5.74, 6) is -0.0535. The zero-order chi connectivity index (χ0) is 25.1. The molecule has 0 spiro atoms. The minimum Gasteiger partial charge on any atom is -0.352 e. The van der Waals surface area contributed by atoms with Gasteiger partial charge in [0.2, 0.25) is 5.91 Å². The highest BCUT2D eigenvalue weighted by Gasteiger charge is 2.41. The van der Waals surface area contributed by atoms with Crippen molar-refractivity contribution >= 4 is 28.9 Å². The summed E-state index contributed by atoms with van der Waals surface area (Å²) in [6.07, 6.45) is 5.71. The third-order valence-corrected chi connectivity index (χ3v) is 6.75. The van der Waals surface area contributed by atoms with Crippen molar-refractivity contribution in [2.75, 3.05) is 11.9 Å². The number of rotatable bonds is 7. The summed E-state index contributed by atoms with van der Waals surface area (Å²) in [7, 11) is 0. The molecule has 0 saturated carbocycles. The van der Waals surface area contributed by atoms with Crippen LogP contribution in [0.2, 0.25) is 0 Å². The lowest BCUT2D eigenvalue weighted by molar-refractivity contribution is -0.116. The Kier molecular flexibility index (Phi) is 6.77. The molecule has 5 rings (SSSR count). The van der Waals surface area contributed by atoms with Gasteiger partial charge in [0.1, 0.15) is 0 Å². The Bertz CT molecular complexity index is 1370. The number of nitrogens with one attached hydrogen (secondary N) is 2. The molecule has 1 fully saturated rings. The van der Waals surface area contributed by atoms with E-state index in [2.05, 4.69) is 49.1 Å². The van der Waals surface area contributed by atoms with E-state index in [0.717, 1.165) is 34.0 Å². The molecule has 2 atom stereocenters. The Labute approximate surface area is 216 Å². The third-order valence-electron chi connectivity index (χ3n) is 6.39. The number of hydrogen-bond acceptors (Lipinski definition) is 4. The molecule has 1 aromatic carbocycles. The second-order valence-electron chi connectivity index (χ2n) is 8.93. The van der Waals surface area contributed by atoms with Crippen molar-refractivity contribution in [1.29, 1.82) is 0 Å². The summed E-state index contributed by atoms with van der Waals surface area (Å²) in [6.45, 7) is 4.55. The predicted molar refractivity (Wildman–Crippen MR) is 145 cm³/mol. The Morgan fingerprint density at radius 3 is 2.69 bits per heavy atom. The number of nitrogens with zero attached hydrogens (tertiary/aromatic N) is 4. The van der Waals surface area contributed by atoms with Crippen molar-refractivity contribution in [3.8, 4) is 5.69 Å². The zero-order valence-corrected chi connectivity index (χ0v) is 21.1. The van der Waals surface area contributed by atoms with E-state index in [1.165, 1.54) is 0 Å². The molecule has 1 saturated heterocycles. The van der Waals surface area contributed by atoms with Gasteiger partial charge in [0.15, 0.2) is 5.11 Å². The van der Waals surface area contributed by atoms with Gasteiger partial charge in [-0.1, -0.05) is 18.2 Å². The number of pyridine rings is 2. The molecule has 3 aromatic heterocycles. The minimum absolute atomic E-state index is 0.0535. The van der Waals surface area contributed by atoms with Crippen molar-refractivity contribution in [3.63, 3.8) is 0 Å². The molecule has 1 aliphatic rings. The Morgan fingerprint density at radius 2 is 1.94 bits per heavy atom. The summed E-state index contributed by atoms with van der Waals surface area (Å²) >= 11 is 5.79. The highest BCUT2D eigenvalue weighted by molar-refractivity contribution is 7.80. The van der Waals surface area contributed by atoms with Crippen LogP contribution < -0.4 is 10.6 Å². The first-order valence-corrected chi connectivity index (χ1v) is 12.4. The first-order valence-electron chi connectivity index (χ1n) is 11.9. The van der Waals surface area contributed by atoms with Crippen LogP contribution in [-0.2, 0) is 4.79 Å². The largest absolute Gasteiger partial charge is 0.352 e. The van der Waals surface area contributed by atoms with E-state index in [1.54, 1.807) is 12.4 Å². The van der Waals surface area contributed by atoms with Gasteiger partial charge in [-0.2, -0.15) is 0 Å². The van der Waals surface area contributed by atoms with Crippen LogP contribution in [0, 0.1) is 13.8 Å². The molecule has 2 unspecified atom stereocenters. The molecule has 36 heavy (non-hydrogen) atoms. The molecule has 1 amide bonds. The van der Waals surface area contributed by atoms with Crippen LogP contribution in [0.5, 0.6) is 0 Å². The van der Waals surface area contributed by atoms with Crippen LogP contribution in [0.4, 0.5) is 5.69 Å². The highest BCUT2D eigenvalue weighted by Crippen LogP contribution is 2.40. The van der Waals surface area contributed by atoms with E-state index in [0.29, 0.717) is 18.1 Å². The third kappa shape index (κ3) is 4.85. The Hall–Kier alpha value is -4.04. The van der Waals surface area contributed by atoms with E-state index in [1.807, 2.05) is 67.7 Å². The number of carbonyl (C=O) groups excluding carboxylic acids is 1. The summed E-state index contributed by atoms with van der Waals surface area (Å²) in [5, 5.41) is 7.08. The van der Waals surface area contributed by atoms with Gasteiger partial charge in [-0.3, -0.25) is 14.8 Å². The van der Waals surface area contributed by atoms with Crippen molar-refractivity contribution < 1.29 is 4.79 Å². The number of aryl methyl sites for hydroxylation is 2. The maximum atomic E-state index is 12.8. The maximum absolute atomic E-state index is 12.8. The van der Waals surface area contributed by atoms with Gasteiger partial charge < -0.3 is 20.1 Å². The number of thiocarbonyl (C=S) groups is 1. The summed E-state index contributed by atoms with van der Waals surface area (Å²) < 4.78 is 2.20. The summed E-state index contributed by atoms with van der Waals surface area (Å²) in [6, 6.07) is 21.6. The number of carbonyl (C=O) groups is 1. The molecular formula is C28H28N6OS. The highest BCUT2D eigenvalue weighted by atomic mass is 32.1. The average molecular weight is 497 g/mol. The van der Waals surface area contributed by atoms with Crippen molar-refractivity contribution in [2.45, 2.75) is 32.4 Å². The smallest absolute Gasteiger partial charge is 0.226 e. The lowest BCUT2D eigenvalue weighted by atomic mass is 10.0. The number of hydrogen-bond donors (Lipinski definition) is 2. The van der Waals surface area contributed by atoms with Crippen LogP contribution in [0.15, 0.2) is 85.3 Å². The minimum atomic E-state index is -0.164. The molecular weight excluding hydrogens is 468 g/mol. The second-order valence-corrected chi connectivity index (χ2v) is 9.32. The zero-order valence-electron chi connectivity index (χ0n) is 20.3. The van der Waals surface area contributed by atoms with Gasteiger partial charge in [0.05, 0.1) is 29.7 Å². The van der Waals surface area contributed by atoms with E-state index < -0.39 is 0 Å². The van der Waals surface area contributed by atoms with E-state index in [4.69, 9.17) is 12.2 Å². The average Bonchev–Trinajstić information content (AvgIpc) is 3.42. The van der Waals surface area contributed by atoms with Crippen LogP contribution in [0.3, 0.4) is 0 Å². The number of amides is 1. The lowest BCUT2D eigenvalue weighted by Crippen LogP contribution is -2.33. The lowest BCUT2D eigenvalue weighted by Gasteiger charge is -2.29. The van der Waals surface area contributed by atoms with Gasteiger partial charge in [-0.25, -0.2) is 0 Å². The number of aromatic nitrogens is 3. The first kappa shape index (κ1) is 23.7. The Morgan fingerprint density at radius 1 is 1.06 bits per heavy atom. The van der Waals surface area contributed by atoms with Crippen molar-refractivity contribution in [3.05, 3.63) is 108 Å². The molecule has 182 valence electrons. The molecule has 8 heteroatoms. The fourth-order valence-electron chi connectivity index (χ4n) is 4.76. The molecule has 2 N–H and O–H groups in total. The number of benzene rings is 1. The monoisotopic (exact) mass is 496 g/mol. The summed E-state index contributed by atoms with van der Waals surface area (Å²) in [5.41, 5.74) is 5.92. The first-order chi connectivity index (χ1) is 17.5. The van der Waals surface area contributed by atoms with Crippen molar-refractivity contribution in [1.82, 2.24) is 24.8 Å². The van der Waals surface area contributed by atoms with Crippen molar-refractivity contribution in [2.24, 2.45) is 0 Å². The van der Waals surface area contributed by atoms with Crippen LogP contribution >= 0.6 is 12.2 Å². The van der Waals surface area contributed by atoms with Gasteiger partial charge >= 0.3 is 0 Å². The van der Waals surface area contributed by atoms with E-state index >= 15 is 0 Å². The normalized spacial score (nSPS) is 17.2. The summed E-state index contributed by atoms with van der Waals surface area (Å²) in [4.78, 5) is 23.9. The standard InChI is InChI=1S/C28H28N6OS/c1-19-7-5-8-21(17-19)31-25(35)13-16-33-27(26(32-28(33)36)23-10-3-4-15-30-23)24-12-11-20(2)34(24)22-9-6-14-29-18-22/h3-12,14-15,17-18,26-27H,13,16H2,1-2H3,(H,31,35)(H,32,36). The van der Waals surface area contributed by atoms with Crippen LogP contribution in [0.25, 0.3) is 5.69 Å². The molecule has 1 aliphatic heterocycles. The molecule has 0 radical (unpaired) electrons. The fraction of sp³-hybridized carbons (Fsp3) is 0.214. The van der Waals surface area contributed by atoms with Crippen LogP contribution in [-0.4, -0.2) is 37.0 Å². The molecule has 0 bridgehead atoms. The topological polar surface area (TPSA) is 75.1 Å². The van der Waals surface area contributed by atoms with E-state index in [-0.39, 0.29) is 18.0 Å². The van der Waals surface area contributed by atoms with Gasteiger partial charge in [-0.15, -0.1) is 0 Å². The van der Waals surface area contributed by atoms with Gasteiger partial charge in [-0.05, 0) is 80.2 Å². The molecule has 4 aromatic rings. The fourth-order valence-corrected chi connectivity index (χ4v) is 5.10.